The molecule has 0 aliphatic carbocycles. The van der Waals surface area contributed by atoms with Gasteiger partial charge in [-0.15, -0.1) is 0 Å². The molecule has 2 aromatic carbocycles. The Hall–Kier alpha value is -3.72. The molecule has 35 heavy (non-hydrogen) atoms. The Bertz CT molecular complexity index is 1050. The zero-order chi connectivity index (χ0) is 25.4. The first-order valence-electron chi connectivity index (χ1n) is 11.6. The van der Waals surface area contributed by atoms with Crippen LogP contribution in [0.2, 0.25) is 0 Å². The number of aliphatic hydroxyl groups excluding tert-OH is 1. The predicted molar refractivity (Wildman–Crippen MR) is 128 cm³/mol. The van der Waals surface area contributed by atoms with Crippen molar-refractivity contribution in [3.05, 3.63) is 71.8 Å². The number of carbonyl (C=O) groups is 4. The molecule has 4 N–H and O–H groups in total. The zero-order valence-corrected chi connectivity index (χ0v) is 19.6. The number of rotatable bonds is 9. The van der Waals surface area contributed by atoms with Crippen LogP contribution in [0, 0.1) is 0 Å². The third-order valence-electron chi connectivity index (χ3n) is 6.37. The van der Waals surface area contributed by atoms with E-state index in [4.69, 9.17) is 0 Å². The maximum atomic E-state index is 13.3. The monoisotopic (exact) mass is 481 g/mol. The highest BCUT2D eigenvalue weighted by atomic mass is 16.4. The second-order valence-electron chi connectivity index (χ2n) is 8.80. The van der Waals surface area contributed by atoms with Gasteiger partial charge in [-0.2, -0.15) is 0 Å². The number of benzene rings is 2. The van der Waals surface area contributed by atoms with Gasteiger partial charge in [0.25, 0.3) is 5.91 Å². The van der Waals surface area contributed by atoms with E-state index in [0.717, 1.165) is 5.56 Å². The maximum absolute atomic E-state index is 13.3. The standard InChI is InChI=1S/C26H31N3O6/c1-18(24(33)34)27-25(35)26(28-23(32)20-10-6-3-7-11-20)13-12-22(31)29(15-14-26)21(17-30)16-19-8-4-2-5-9-19/h2-11,18,21,30H,12-17H2,1H3,(H,27,35)(H,28,32)(H,33,34)/t18-,21-,26+/m0/s1. The molecule has 1 fully saturated rings. The van der Waals surface area contributed by atoms with Crippen LogP contribution in [0.5, 0.6) is 0 Å². The molecular formula is C26H31N3O6. The number of likely N-dealkylation sites (tertiary alicyclic amines) is 1. The number of aliphatic hydroxyl groups is 1. The molecule has 0 bridgehead atoms. The normalized spacial score (nSPS) is 19.8. The van der Waals surface area contributed by atoms with Gasteiger partial charge in [0, 0.05) is 18.5 Å². The number of nitrogens with one attached hydrogen (secondary N) is 2. The molecule has 1 heterocycles. The lowest BCUT2D eigenvalue weighted by atomic mass is 9.88. The smallest absolute Gasteiger partial charge is 0.325 e. The fourth-order valence-electron chi connectivity index (χ4n) is 4.25. The zero-order valence-electron chi connectivity index (χ0n) is 19.6. The van der Waals surface area contributed by atoms with Gasteiger partial charge in [0.15, 0.2) is 0 Å². The summed E-state index contributed by atoms with van der Waals surface area (Å²) in [5, 5.41) is 24.6. The Labute approximate surface area is 204 Å². The number of hydrogen-bond donors (Lipinski definition) is 4. The van der Waals surface area contributed by atoms with Crippen LogP contribution in [-0.2, 0) is 20.8 Å². The van der Waals surface area contributed by atoms with Crippen LogP contribution >= 0.6 is 0 Å². The molecule has 9 heteroatoms. The summed E-state index contributed by atoms with van der Waals surface area (Å²) in [7, 11) is 0. The second kappa shape index (κ2) is 11.6. The van der Waals surface area contributed by atoms with E-state index in [1.807, 2.05) is 30.3 Å². The van der Waals surface area contributed by atoms with E-state index >= 15 is 0 Å². The maximum Gasteiger partial charge on any atom is 0.325 e. The molecule has 3 rings (SSSR count). The van der Waals surface area contributed by atoms with Gasteiger partial charge >= 0.3 is 5.97 Å². The number of carboxylic acids is 1. The quantitative estimate of drug-likeness (QED) is 0.427. The first-order valence-corrected chi connectivity index (χ1v) is 11.6. The molecule has 2 aromatic rings. The van der Waals surface area contributed by atoms with Crippen LogP contribution in [0.15, 0.2) is 60.7 Å². The van der Waals surface area contributed by atoms with Crippen molar-refractivity contribution in [2.75, 3.05) is 13.2 Å². The van der Waals surface area contributed by atoms with E-state index in [-0.39, 0.29) is 38.3 Å². The Balaban J connectivity index is 1.86. The van der Waals surface area contributed by atoms with E-state index in [2.05, 4.69) is 10.6 Å². The lowest BCUT2D eigenvalue weighted by Gasteiger charge is -2.34. The number of amides is 3. The summed E-state index contributed by atoms with van der Waals surface area (Å²) < 4.78 is 0. The summed E-state index contributed by atoms with van der Waals surface area (Å²) in [6.07, 6.45) is 0.466. The Morgan fingerprint density at radius 2 is 1.66 bits per heavy atom. The third-order valence-corrected chi connectivity index (χ3v) is 6.37. The number of aliphatic carboxylic acids is 1. The van der Waals surface area contributed by atoms with Gasteiger partial charge in [-0.05, 0) is 43.9 Å². The Kier molecular flexibility index (Phi) is 8.59. The molecule has 0 aromatic heterocycles. The minimum atomic E-state index is -1.49. The summed E-state index contributed by atoms with van der Waals surface area (Å²) in [5.74, 6) is -2.60. The van der Waals surface area contributed by atoms with E-state index < -0.39 is 35.4 Å². The van der Waals surface area contributed by atoms with E-state index in [1.54, 1.807) is 35.2 Å². The van der Waals surface area contributed by atoms with Crippen molar-refractivity contribution in [3.8, 4) is 0 Å². The first-order chi connectivity index (χ1) is 16.8. The van der Waals surface area contributed by atoms with Gasteiger partial charge in [-0.25, -0.2) is 0 Å². The number of carboxylic acid groups (broad SMARTS) is 1. The van der Waals surface area contributed by atoms with Crippen molar-refractivity contribution in [2.24, 2.45) is 0 Å². The molecule has 0 spiro atoms. The van der Waals surface area contributed by atoms with Crippen LogP contribution in [0.1, 0.15) is 42.1 Å². The predicted octanol–water partition coefficient (Wildman–Crippen LogP) is 1.36. The number of carbonyl (C=O) groups excluding carboxylic acids is 3. The van der Waals surface area contributed by atoms with Gasteiger partial charge in [-0.3, -0.25) is 19.2 Å². The van der Waals surface area contributed by atoms with Gasteiger partial charge in [0.1, 0.15) is 11.6 Å². The lowest BCUT2D eigenvalue weighted by Crippen LogP contribution is -2.61. The van der Waals surface area contributed by atoms with Crippen molar-refractivity contribution in [3.63, 3.8) is 0 Å². The fraction of sp³-hybridized carbons (Fsp3) is 0.385. The fourth-order valence-corrected chi connectivity index (χ4v) is 4.25. The van der Waals surface area contributed by atoms with Crippen molar-refractivity contribution in [1.29, 1.82) is 0 Å². The van der Waals surface area contributed by atoms with Crippen LogP contribution < -0.4 is 10.6 Å². The average molecular weight is 482 g/mol. The number of hydrogen-bond acceptors (Lipinski definition) is 5. The lowest BCUT2D eigenvalue weighted by molar-refractivity contribution is -0.142. The van der Waals surface area contributed by atoms with E-state index in [1.165, 1.54) is 6.92 Å². The van der Waals surface area contributed by atoms with E-state index in [9.17, 15) is 29.4 Å². The van der Waals surface area contributed by atoms with Crippen LogP contribution in [0.3, 0.4) is 0 Å². The molecular weight excluding hydrogens is 450 g/mol. The minimum Gasteiger partial charge on any atom is -0.480 e. The van der Waals surface area contributed by atoms with Crippen LogP contribution in [0.25, 0.3) is 0 Å². The van der Waals surface area contributed by atoms with Gasteiger partial charge < -0.3 is 25.7 Å². The molecule has 3 atom stereocenters. The van der Waals surface area contributed by atoms with Crippen molar-refractivity contribution >= 4 is 23.7 Å². The van der Waals surface area contributed by atoms with Gasteiger partial charge in [0.05, 0.1) is 12.6 Å². The van der Waals surface area contributed by atoms with Crippen molar-refractivity contribution in [2.45, 2.75) is 50.2 Å². The summed E-state index contributed by atoms with van der Waals surface area (Å²) in [5.41, 5.74) is -0.190. The highest BCUT2D eigenvalue weighted by Crippen LogP contribution is 2.27. The first kappa shape index (κ1) is 25.9. The molecule has 186 valence electrons. The summed E-state index contributed by atoms with van der Waals surface area (Å²) in [6, 6.07) is 16.2. The second-order valence-corrected chi connectivity index (χ2v) is 8.80. The molecule has 3 amide bonds. The van der Waals surface area contributed by atoms with Crippen LogP contribution in [-0.4, -0.2) is 69.6 Å². The largest absolute Gasteiger partial charge is 0.480 e. The van der Waals surface area contributed by atoms with Gasteiger partial charge in [-0.1, -0.05) is 48.5 Å². The molecule has 0 radical (unpaired) electrons. The van der Waals surface area contributed by atoms with Crippen molar-refractivity contribution < 1.29 is 29.4 Å². The highest BCUT2D eigenvalue weighted by molar-refractivity contribution is 6.00. The highest BCUT2D eigenvalue weighted by Gasteiger charge is 2.44. The molecule has 1 saturated heterocycles. The summed E-state index contributed by atoms with van der Waals surface area (Å²) >= 11 is 0. The Morgan fingerprint density at radius 1 is 1.03 bits per heavy atom. The van der Waals surface area contributed by atoms with E-state index in [0.29, 0.717) is 12.0 Å². The van der Waals surface area contributed by atoms with Gasteiger partial charge in [0.2, 0.25) is 11.8 Å². The average Bonchev–Trinajstić information content (AvgIpc) is 3.03. The molecule has 1 aliphatic heterocycles. The summed E-state index contributed by atoms with van der Waals surface area (Å²) in [4.78, 5) is 52.3. The SMILES string of the molecule is C[C@H](NC(=O)[C@@]1(NC(=O)c2ccccc2)CCC(=O)N([C@H](CO)Cc2ccccc2)CC1)C(=O)O. The molecule has 0 unspecified atom stereocenters. The molecule has 9 nitrogen and oxygen atoms in total. The molecule has 0 saturated carbocycles. The van der Waals surface area contributed by atoms with Crippen molar-refractivity contribution in [1.82, 2.24) is 15.5 Å². The third kappa shape index (κ3) is 6.45. The molecule has 1 aliphatic rings. The summed E-state index contributed by atoms with van der Waals surface area (Å²) in [6.45, 7) is 1.19. The van der Waals surface area contributed by atoms with Crippen LogP contribution in [0.4, 0.5) is 0 Å². The minimum absolute atomic E-state index is 0.00254. The topological polar surface area (TPSA) is 136 Å². The Morgan fingerprint density at radius 3 is 2.26 bits per heavy atom. The number of nitrogens with zero attached hydrogens (tertiary/aromatic N) is 1.